The molecule has 0 aliphatic rings. The predicted molar refractivity (Wildman–Crippen MR) is 112 cm³/mol. The van der Waals surface area contributed by atoms with Gasteiger partial charge in [0, 0.05) is 35.6 Å². The highest BCUT2D eigenvalue weighted by atomic mass is 35.5. The molecule has 142 valence electrons. The SMILES string of the molecule is NC(=O)/C=C/c1ccncc1.O=C(NCc1ccc(Cl)cc1)c1ccccc1. The zero-order valence-corrected chi connectivity index (χ0v) is 15.8. The van der Waals surface area contributed by atoms with Gasteiger partial charge in [-0.25, -0.2) is 0 Å². The summed E-state index contributed by atoms with van der Waals surface area (Å²) in [6.45, 7) is 0.505. The molecule has 0 unspecified atom stereocenters. The van der Waals surface area contributed by atoms with Crippen molar-refractivity contribution in [1.82, 2.24) is 10.3 Å². The maximum absolute atomic E-state index is 11.7. The molecule has 1 aromatic heterocycles. The molecule has 0 saturated heterocycles. The standard InChI is InChI=1S/C14H12ClNO.C8H8N2O/c15-13-8-6-11(7-9-13)10-16-14(17)12-4-2-1-3-5-12;9-8(11)2-1-7-3-5-10-6-4-7/h1-9H,10H2,(H,16,17);1-6H,(H2,9,11)/b;2-1+. The average molecular weight is 394 g/mol. The lowest BCUT2D eigenvalue weighted by molar-refractivity contribution is -0.113. The van der Waals surface area contributed by atoms with Crippen LogP contribution in [0.1, 0.15) is 21.5 Å². The fourth-order valence-corrected chi connectivity index (χ4v) is 2.26. The van der Waals surface area contributed by atoms with E-state index in [9.17, 15) is 9.59 Å². The van der Waals surface area contributed by atoms with Crippen LogP contribution < -0.4 is 11.1 Å². The Morgan fingerprint density at radius 1 is 0.964 bits per heavy atom. The summed E-state index contributed by atoms with van der Waals surface area (Å²) >= 11 is 5.78. The molecule has 0 spiro atoms. The molecule has 0 bridgehead atoms. The second-order valence-corrected chi connectivity index (χ2v) is 6.13. The number of nitrogens with zero attached hydrogens (tertiary/aromatic N) is 1. The number of carbonyl (C=O) groups is 2. The number of hydrogen-bond donors (Lipinski definition) is 2. The van der Waals surface area contributed by atoms with Crippen LogP contribution in [0.2, 0.25) is 5.02 Å². The topological polar surface area (TPSA) is 85.1 Å². The molecule has 0 fully saturated rings. The smallest absolute Gasteiger partial charge is 0.251 e. The van der Waals surface area contributed by atoms with Crippen molar-refractivity contribution in [1.29, 1.82) is 0 Å². The summed E-state index contributed by atoms with van der Waals surface area (Å²) in [4.78, 5) is 25.9. The number of rotatable bonds is 5. The van der Waals surface area contributed by atoms with E-state index in [4.69, 9.17) is 17.3 Å². The quantitative estimate of drug-likeness (QED) is 0.645. The van der Waals surface area contributed by atoms with Crippen LogP contribution in [-0.2, 0) is 11.3 Å². The molecule has 2 amide bonds. The van der Waals surface area contributed by atoms with Crippen molar-refractivity contribution in [2.75, 3.05) is 0 Å². The Kier molecular flexibility index (Phi) is 8.43. The zero-order valence-electron chi connectivity index (χ0n) is 15.1. The van der Waals surface area contributed by atoms with Crippen LogP contribution in [-0.4, -0.2) is 16.8 Å². The first-order valence-electron chi connectivity index (χ1n) is 8.50. The highest BCUT2D eigenvalue weighted by Crippen LogP contribution is 2.09. The van der Waals surface area contributed by atoms with Gasteiger partial charge < -0.3 is 11.1 Å². The summed E-state index contributed by atoms with van der Waals surface area (Å²) in [5.74, 6) is -0.512. The highest BCUT2D eigenvalue weighted by molar-refractivity contribution is 6.30. The van der Waals surface area contributed by atoms with E-state index in [1.54, 1.807) is 42.7 Å². The number of halogens is 1. The Morgan fingerprint density at radius 3 is 2.21 bits per heavy atom. The number of hydrogen-bond acceptors (Lipinski definition) is 3. The molecule has 6 heteroatoms. The minimum absolute atomic E-state index is 0.0689. The fraction of sp³-hybridized carbons (Fsp3) is 0.0455. The van der Waals surface area contributed by atoms with Gasteiger partial charge in [0.05, 0.1) is 0 Å². The van der Waals surface area contributed by atoms with E-state index < -0.39 is 5.91 Å². The maximum Gasteiger partial charge on any atom is 0.251 e. The largest absolute Gasteiger partial charge is 0.366 e. The van der Waals surface area contributed by atoms with Gasteiger partial charge in [-0.1, -0.05) is 41.9 Å². The summed E-state index contributed by atoms with van der Waals surface area (Å²) in [6, 6.07) is 20.1. The van der Waals surface area contributed by atoms with E-state index in [2.05, 4.69) is 10.3 Å². The van der Waals surface area contributed by atoms with Gasteiger partial charge in [-0.2, -0.15) is 0 Å². The number of nitrogens with two attached hydrogens (primary N) is 1. The molecule has 3 aromatic rings. The second kappa shape index (κ2) is 11.3. The first-order chi connectivity index (χ1) is 13.5. The normalized spacial score (nSPS) is 10.0. The number of amides is 2. The Bertz CT molecular complexity index is 912. The Labute approximate surface area is 168 Å². The summed E-state index contributed by atoms with van der Waals surface area (Å²) in [5.41, 5.74) is 7.51. The first kappa shape index (κ1) is 20.9. The van der Waals surface area contributed by atoms with Crippen LogP contribution in [0, 0.1) is 0 Å². The van der Waals surface area contributed by atoms with Gasteiger partial charge in [0.25, 0.3) is 5.91 Å². The Hall–Kier alpha value is -3.44. The highest BCUT2D eigenvalue weighted by Gasteiger charge is 2.03. The van der Waals surface area contributed by atoms with E-state index in [1.807, 2.05) is 42.5 Å². The molecule has 0 aliphatic carbocycles. The van der Waals surface area contributed by atoms with Gasteiger partial charge in [0.15, 0.2) is 0 Å². The lowest BCUT2D eigenvalue weighted by Crippen LogP contribution is -2.22. The third-order valence-corrected chi connectivity index (χ3v) is 3.80. The summed E-state index contributed by atoms with van der Waals surface area (Å²) < 4.78 is 0. The molecule has 0 saturated carbocycles. The molecule has 3 rings (SSSR count). The van der Waals surface area contributed by atoms with Crippen molar-refractivity contribution < 1.29 is 9.59 Å². The van der Waals surface area contributed by atoms with Gasteiger partial charge in [0.1, 0.15) is 0 Å². The number of aromatic nitrogens is 1. The summed E-state index contributed by atoms with van der Waals surface area (Å²) in [6.07, 6.45) is 6.26. The number of benzene rings is 2. The van der Waals surface area contributed by atoms with Crippen LogP contribution in [0.5, 0.6) is 0 Å². The van der Waals surface area contributed by atoms with Gasteiger partial charge in [0.2, 0.25) is 5.91 Å². The summed E-state index contributed by atoms with van der Waals surface area (Å²) in [5, 5.41) is 3.55. The summed E-state index contributed by atoms with van der Waals surface area (Å²) in [7, 11) is 0. The third-order valence-electron chi connectivity index (χ3n) is 3.55. The number of pyridine rings is 1. The van der Waals surface area contributed by atoms with Crippen molar-refractivity contribution in [3.05, 3.63) is 107 Å². The molecule has 0 atom stereocenters. The minimum Gasteiger partial charge on any atom is -0.366 e. The molecule has 3 N–H and O–H groups in total. The van der Waals surface area contributed by atoms with Crippen molar-refractivity contribution in [3.8, 4) is 0 Å². The third kappa shape index (κ3) is 7.85. The van der Waals surface area contributed by atoms with Crippen LogP contribution in [0.4, 0.5) is 0 Å². The average Bonchev–Trinajstić information content (AvgIpc) is 2.73. The van der Waals surface area contributed by atoms with E-state index in [0.29, 0.717) is 17.1 Å². The van der Waals surface area contributed by atoms with E-state index in [0.717, 1.165) is 11.1 Å². The number of carbonyl (C=O) groups excluding carboxylic acids is 2. The van der Waals surface area contributed by atoms with Gasteiger partial charge in [-0.3, -0.25) is 14.6 Å². The number of nitrogens with one attached hydrogen (secondary N) is 1. The Balaban J connectivity index is 0.000000221. The molecular weight excluding hydrogens is 374 g/mol. The van der Waals surface area contributed by atoms with Crippen molar-refractivity contribution >= 4 is 29.5 Å². The van der Waals surface area contributed by atoms with Crippen LogP contribution in [0.25, 0.3) is 6.08 Å². The van der Waals surface area contributed by atoms with Crippen LogP contribution in [0.3, 0.4) is 0 Å². The predicted octanol–water partition coefficient (Wildman–Crippen LogP) is 3.85. The van der Waals surface area contributed by atoms with Crippen molar-refractivity contribution in [2.24, 2.45) is 5.73 Å². The lowest BCUT2D eigenvalue weighted by Gasteiger charge is -2.05. The van der Waals surface area contributed by atoms with Gasteiger partial charge >= 0.3 is 0 Å². The molecule has 28 heavy (non-hydrogen) atoms. The van der Waals surface area contributed by atoms with E-state index >= 15 is 0 Å². The van der Waals surface area contributed by atoms with E-state index in [1.165, 1.54) is 6.08 Å². The van der Waals surface area contributed by atoms with Gasteiger partial charge in [-0.05, 0) is 53.6 Å². The van der Waals surface area contributed by atoms with E-state index in [-0.39, 0.29) is 5.91 Å². The monoisotopic (exact) mass is 393 g/mol. The molecule has 0 radical (unpaired) electrons. The minimum atomic E-state index is -0.443. The molecule has 5 nitrogen and oxygen atoms in total. The zero-order chi connectivity index (χ0) is 20.2. The maximum atomic E-state index is 11.7. The molecule has 2 aromatic carbocycles. The molecule has 1 heterocycles. The fourth-order valence-electron chi connectivity index (χ4n) is 2.13. The van der Waals surface area contributed by atoms with Crippen molar-refractivity contribution in [2.45, 2.75) is 6.54 Å². The Morgan fingerprint density at radius 2 is 1.61 bits per heavy atom. The lowest BCUT2D eigenvalue weighted by atomic mass is 10.2. The van der Waals surface area contributed by atoms with Crippen molar-refractivity contribution in [3.63, 3.8) is 0 Å². The van der Waals surface area contributed by atoms with Crippen LogP contribution >= 0.6 is 11.6 Å². The first-order valence-corrected chi connectivity index (χ1v) is 8.87. The molecular formula is C22H20ClN3O2. The molecule has 0 aliphatic heterocycles. The van der Waals surface area contributed by atoms with Crippen LogP contribution in [0.15, 0.2) is 85.2 Å². The number of primary amides is 1. The van der Waals surface area contributed by atoms with Gasteiger partial charge in [-0.15, -0.1) is 0 Å². The second-order valence-electron chi connectivity index (χ2n) is 5.69.